The molecule has 0 radical (unpaired) electrons. The maximum absolute atomic E-state index is 12.3. The lowest BCUT2D eigenvalue weighted by atomic mass is 9.79. The van der Waals surface area contributed by atoms with Gasteiger partial charge >= 0.3 is 12.1 Å². The molecule has 2 amide bonds. The summed E-state index contributed by atoms with van der Waals surface area (Å²) in [6, 6.07) is 16.3. The maximum atomic E-state index is 12.3. The third-order valence-corrected chi connectivity index (χ3v) is 6.29. The topological polar surface area (TPSA) is 105 Å². The molecule has 32 heavy (non-hydrogen) atoms. The number of ether oxygens (including phenoxy) is 1. The summed E-state index contributed by atoms with van der Waals surface area (Å²) in [7, 11) is 0. The Kier molecular flexibility index (Phi) is 6.73. The Hall–Kier alpha value is -3.35. The van der Waals surface area contributed by atoms with Gasteiger partial charge in [0, 0.05) is 30.8 Å². The fraction of sp³-hybridized carbons (Fsp3) is 0.400. The minimum Gasteiger partial charge on any atom is -0.481 e. The molecule has 7 nitrogen and oxygen atoms in total. The van der Waals surface area contributed by atoms with Crippen LogP contribution in [0.15, 0.2) is 48.5 Å². The summed E-state index contributed by atoms with van der Waals surface area (Å²) in [5.74, 6) is -0.953. The van der Waals surface area contributed by atoms with Gasteiger partial charge in [0.1, 0.15) is 6.61 Å². The largest absolute Gasteiger partial charge is 0.481 e. The standard InChI is InChI=1S/C25H28N2O5/c28-23(29)11-5-6-12-26-24(30)16-13-17(14-16)27-25(31)32-15-22-20-9-3-1-7-18(20)19-8-2-4-10-21(19)22/h1-4,7-10,16-17,22H,5-6,11-15H2,(H,26,30)(H,27,31)(H,28,29). The fourth-order valence-electron chi connectivity index (χ4n) is 4.51. The Morgan fingerprint density at radius 1 is 0.938 bits per heavy atom. The van der Waals surface area contributed by atoms with Gasteiger partial charge < -0.3 is 20.5 Å². The number of carbonyl (C=O) groups excluding carboxylic acids is 2. The van der Waals surface area contributed by atoms with E-state index in [0.29, 0.717) is 32.2 Å². The van der Waals surface area contributed by atoms with E-state index >= 15 is 0 Å². The van der Waals surface area contributed by atoms with Gasteiger partial charge in [-0.3, -0.25) is 9.59 Å². The molecular weight excluding hydrogens is 408 g/mol. The van der Waals surface area contributed by atoms with Gasteiger partial charge in [-0.15, -0.1) is 0 Å². The van der Waals surface area contributed by atoms with Gasteiger partial charge in [-0.25, -0.2) is 4.79 Å². The highest BCUT2D eigenvalue weighted by atomic mass is 16.5. The zero-order valence-electron chi connectivity index (χ0n) is 17.9. The molecule has 168 valence electrons. The highest BCUT2D eigenvalue weighted by molar-refractivity contribution is 5.80. The van der Waals surface area contributed by atoms with E-state index in [-0.39, 0.29) is 36.8 Å². The second-order valence-electron chi connectivity index (χ2n) is 8.48. The molecule has 4 rings (SSSR count). The number of aliphatic carboxylic acids is 1. The molecule has 2 aliphatic rings. The minimum absolute atomic E-state index is 0.0224. The number of unbranched alkanes of at least 4 members (excludes halogenated alkanes) is 1. The molecule has 0 heterocycles. The molecule has 0 bridgehead atoms. The molecule has 2 aromatic carbocycles. The van der Waals surface area contributed by atoms with Crippen molar-refractivity contribution in [2.45, 2.75) is 44.1 Å². The van der Waals surface area contributed by atoms with E-state index in [9.17, 15) is 14.4 Å². The number of fused-ring (bicyclic) bond motifs is 3. The maximum Gasteiger partial charge on any atom is 0.407 e. The Labute approximate surface area is 187 Å². The van der Waals surface area contributed by atoms with E-state index in [4.69, 9.17) is 9.84 Å². The zero-order chi connectivity index (χ0) is 22.5. The first-order valence-electron chi connectivity index (χ1n) is 11.1. The third kappa shape index (κ3) is 4.93. The first-order chi connectivity index (χ1) is 15.5. The van der Waals surface area contributed by atoms with Crippen molar-refractivity contribution in [3.05, 3.63) is 59.7 Å². The first kappa shape index (κ1) is 21.9. The smallest absolute Gasteiger partial charge is 0.407 e. The number of rotatable bonds is 9. The highest BCUT2D eigenvalue weighted by Gasteiger charge is 2.36. The van der Waals surface area contributed by atoms with Crippen molar-refractivity contribution in [1.82, 2.24) is 10.6 Å². The quantitative estimate of drug-likeness (QED) is 0.520. The van der Waals surface area contributed by atoms with E-state index in [2.05, 4.69) is 34.9 Å². The van der Waals surface area contributed by atoms with Crippen LogP contribution in [0.25, 0.3) is 11.1 Å². The molecule has 0 unspecified atom stereocenters. The SMILES string of the molecule is O=C(O)CCCCNC(=O)C1CC(NC(=O)OCC2c3ccccc3-c3ccccc32)C1. The molecule has 3 N–H and O–H groups in total. The van der Waals surface area contributed by atoms with Gasteiger partial charge in [-0.2, -0.15) is 0 Å². The molecule has 1 fully saturated rings. The highest BCUT2D eigenvalue weighted by Crippen LogP contribution is 2.44. The van der Waals surface area contributed by atoms with Crippen molar-refractivity contribution in [3.63, 3.8) is 0 Å². The van der Waals surface area contributed by atoms with Crippen LogP contribution in [0, 0.1) is 5.92 Å². The number of carboxylic acid groups (broad SMARTS) is 1. The predicted octanol–water partition coefficient (Wildman–Crippen LogP) is 3.67. The van der Waals surface area contributed by atoms with Crippen LogP contribution in [0.1, 0.15) is 49.1 Å². The predicted molar refractivity (Wildman–Crippen MR) is 119 cm³/mol. The van der Waals surface area contributed by atoms with Gasteiger partial charge in [0.05, 0.1) is 0 Å². The average Bonchev–Trinajstić information content (AvgIpc) is 3.07. The van der Waals surface area contributed by atoms with E-state index < -0.39 is 12.1 Å². The molecule has 0 aromatic heterocycles. The Balaban J connectivity index is 1.19. The van der Waals surface area contributed by atoms with Gasteiger partial charge in [0.15, 0.2) is 0 Å². The van der Waals surface area contributed by atoms with Crippen LogP contribution in [-0.4, -0.2) is 42.3 Å². The van der Waals surface area contributed by atoms with Gasteiger partial charge in [-0.1, -0.05) is 48.5 Å². The number of nitrogens with one attached hydrogen (secondary N) is 2. The van der Waals surface area contributed by atoms with Crippen LogP contribution < -0.4 is 10.6 Å². The number of hydrogen-bond acceptors (Lipinski definition) is 4. The third-order valence-electron chi connectivity index (χ3n) is 6.29. The number of benzene rings is 2. The molecule has 2 aliphatic carbocycles. The normalized spacial score (nSPS) is 18.8. The molecule has 0 aliphatic heterocycles. The van der Waals surface area contributed by atoms with E-state index in [1.165, 1.54) is 22.3 Å². The van der Waals surface area contributed by atoms with Crippen LogP contribution in [-0.2, 0) is 14.3 Å². The lowest BCUT2D eigenvalue weighted by Crippen LogP contribution is -2.49. The van der Waals surface area contributed by atoms with Crippen LogP contribution in [0.4, 0.5) is 4.79 Å². The van der Waals surface area contributed by atoms with Crippen molar-refractivity contribution in [2.24, 2.45) is 5.92 Å². The summed E-state index contributed by atoms with van der Waals surface area (Å²) in [4.78, 5) is 34.9. The summed E-state index contributed by atoms with van der Waals surface area (Å²) in [6.07, 6.45) is 2.03. The Bertz CT molecular complexity index is 954. The molecule has 0 saturated heterocycles. The summed E-state index contributed by atoms with van der Waals surface area (Å²) >= 11 is 0. The van der Waals surface area contributed by atoms with Gasteiger partial charge in [-0.05, 0) is 47.9 Å². The summed E-state index contributed by atoms with van der Waals surface area (Å²) in [5, 5.41) is 14.3. The number of carbonyl (C=O) groups is 3. The van der Waals surface area contributed by atoms with E-state index in [1.807, 2.05) is 24.3 Å². The molecule has 0 spiro atoms. The number of amides is 2. The second-order valence-corrected chi connectivity index (χ2v) is 8.48. The Morgan fingerprint density at radius 2 is 1.56 bits per heavy atom. The average molecular weight is 437 g/mol. The lowest BCUT2D eigenvalue weighted by Gasteiger charge is -2.34. The van der Waals surface area contributed by atoms with Crippen molar-refractivity contribution in [1.29, 1.82) is 0 Å². The summed E-state index contributed by atoms with van der Waals surface area (Å²) < 4.78 is 5.55. The van der Waals surface area contributed by atoms with E-state index in [0.717, 1.165) is 0 Å². The van der Waals surface area contributed by atoms with Crippen molar-refractivity contribution >= 4 is 18.0 Å². The monoisotopic (exact) mass is 436 g/mol. The molecule has 1 saturated carbocycles. The van der Waals surface area contributed by atoms with Crippen LogP contribution >= 0.6 is 0 Å². The van der Waals surface area contributed by atoms with Crippen molar-refractivity contribution in [2.75, 3.05) is 13.2 Å². The second kappa shape index (κ2) is 9.85. The molecule has 7 heteroatoms. The molecule has 0 atom stereocenters. The van der Waals surface area contributed by atoms with Crippen LogP contribution in [0.3, 0.4) is 0 Å². The van der Waals surface area contributed by atoms with E-state index in [1.54, 1.807) is 0 Å². The van der Waals surface area contributed by atoms with Crippen molar-refractivity contribution in [3.8, 4) is 11.1 Å². The number of hydrogen-bond donors (Lipinski definition) is 3. The van der Waals surface area contributed by atoms with Crippen LogP contribution in [0.2, 0.25) is 0 Å². The fourth-order valence-corrected chi connectivity index (χ4v) is 4.51. The summed E-state index contributed by atoms with van der Waals surface area (Å²) in [5.41, 5.74) is 4.72. The first-order valence-corrected chi connectivity index (χ1v) is 11.1. The zero-order valence-corrected chi connectivity index (χ0v) is 17.9. The number of alkyl carbamates (subject to hydrolysis) is 1. The lowest BCUT2D eigenvalue weighted by molar-refractivity contribution is -0.137. The van der Waals surface area contributed by atoms with Crippen LogP contribution in [0.5, 0.6) is 0 Å². The molecular formula is C25H28N2O5. The van der Waals surface area contributed by atoms with Gasteiger partial charge in [0.2, 0.25) is 5.91 Å². The van der Waals surface area contributed by atoms with Crippen molar-refractivity contribution < 1.29 is 24.2 Å². The summed E-state index contributed by atoms with van der Waals surface area (Å²) in [6.45, 7) is 0.750. The Morgan fingerprint density at radius 3 is 2.19 bits per heavy atom. The molecule has 2 aromatic rings. The van der Waals surface area contributed by atoms with Gasteiger partial charge in [0.25, 0.3) is 0 Å². The number of carboxylic acids is 1. The minimum atomic E-state index is -0.822.